The van der Waals surface area contributed by atoms with Crippen LogP contribution in [0.3, 0.4) is 0 Å². The predicted octanol–water partition coefficient (Wildman–Crippen LogP) is 3.67. The molecular weight excluding hydrogens is 396 g/mol. The van der Waals surface area contributed by atoms with Crippen molar-refractivity contribution in [3.8, 4) is 5.75 Å². The summed E-state index contributed by atoms with van der Waals surface area (Å²) in [6.07, 6.45) is 0. The number of carbonyl (C=O) groups excluding carboxylic acids is 1. The number of nitrogens with zero attached hydrogens (tertiary/aromatic N) is 3. The van der Waals surface area contributed by atoms with Crippen molar-refractivity contribution in [3.63, 3.8) is 0 Å². The van der Waals surface area contributed by atoms with Gasteiger partial charge in [-0.2, -0.15) is 0 Å². The van der Waals surface area contributed by atoms with Gasteiger partial charge in [0.2, 0.25) is 0 Å². The molecule has 0 spiro atoms. The summed E-state index contributed by atoms with van der Waals surface area (Å²) < 4.78 is 5.40. The predicted molar refractivity (Wildman–Crippen MR) is 123 cm³/mol. The molecule has 3 rings (SSSR count). The molecule has 0 saturated carbocycles. The van der Waals surface area contributed by atoms with Gasteiger partial charge in [-0.15, -0.1) is 11.3 Å². The van der Waals surface area contributed by atoms with Crippen LogP contribution in [-0.4, -0.2) is 73.7 Å². The molecule has 0 unspecified atom stereocenters. The minimum atomic E-state index is 0.0332. The van der Waals surface area contributed by atoms with Gasteiger partial charge in [0.25, 0.3) is 0 Å². The van der Waals surface area contributed by atoms with Gasteiger partial charge in [-0.3, -0.25) is 9.80 Å². The second-order valence-electron chi connectivity index (χ2n) is 7.54. The number of hydrogen-bond acceptors (Lipinski definition) is 5. The Balaban J connectivity index is 1.55. The summed E-state index contributed by atoms with van der Waals surface area (Å²) in [4.78, 5) is 20.9. The van der Waals surface area contributed by atoms with Crippen molar-refractivity contribution in [2.45, 2.75) is 26.4 Å². The van der Waals surface area contributed by atoms with E-state index in [2.05, 4.69) is 58.6 Å². The van der Waals surface area contributed by atoms with E-state index in [0.717, 1.165) is 51.6 Å². The number of benzene rings is 1. The smallest absolute Gasteiger partial charge is 0.317 e. The first-order valence-electron chi connectivity index (χ1n) is 10.8. The lowest BCUT2D eigenvalue weighted by molar-refractivity contribution is 0.132. The minimum absolute atomic E-state index is 0.0332. The lowest BCUT2D eigenvalue weighted by Crippen LogP contribution is -2.52. The van der Waals surface area contributed by atoms with Gasteiger partial charge >= 0.3 is 6.03 Å². The molecule has 1 aromatic heterocycles. The SMILES string of the molecule is CCN(CC)[C@H](CNC(=O)N1CCN(Cc2cccs2)CC1)c1cccc(OC)c1. The van der Waals surface area contributed by atoms with E-state index in [1.807, 2.05) is 17.0 Å². The first-order chi connectivity index (χ1) is 14.6. The average molecular weight is 431 g/mol. The highest BCUT2D eigenvalue weighted by atomic mass is 32.1. The summed E-state index contributed by atoms with van der Waals surface area (Å²) in [5.41, 5.74) is 1.17. The van der Waals surface area contributed by atoms with Crippen molar-refractivity contribution >= 4 is 17.4 Å². The van der Waals surface area contributed by atoms with Crippen LogP contribution >= 0.6 is 11.3 Å². The number of nitrogens with one attached hydrogen (secondary N) is 1. The van der Waals surface area contributed by atoms with Crippen molar-refractivity contribution in [2.24, 2.45) is 0 Å². The molecule has 1 aliphatic rings. The molecule has 1 aliphatic heterocycles. The van der Waals surface area contributed by atoms with E-state index in [-0.39, 0.29) is 12.1 Å². The fourth-order valence-corrected chi connectivity index (χ4v) is 4.74. The number of rotatable bonds is 9. The molecule has 1 fully saturated rings. The molecule has 1 saturated heterocycles. The highest BCUT2D eigenvalue weighted by molar-refractivity contribution is 7.09. The summed E-state index contributed by atoms with van der Waals surface area (Å²) in [7, 11) is 1.69. The number of methoxy groups -OCH3 is 1. The van der Waals surface area contributed by atoms with Gasteiger partial charge in [0.1, 0.15) is 5.75 Å². The van der Waals surface area contributed by atoms with Gasteiger partial charge in [-0.05, 0) is 42.2 Å². The zero-order chi connectivity index (χ0) is 21.3. The first kappa shape index (κ1) is 22.6. The van der Waals surface area contributed by atoms with E-state index >= 15 is 0 Å². The maximum atomic E-state index is 12.8. The number of ether oxygens (including phenoxy) is 1. The lowest BCUT2D eigenvalue weighted by Gasteiger charge is -2.35. The third-order valence-corrected chi connectivity index (χ3v) is 6.66. The second-order valence-corrected chi connectivity index (χ2v) is 8.57. The molecular formula is C23H34N4O2S. The van der Waals surface area contributed by atoms with Gasteiger partial charge in [0.05, 0.1) is 13.2 Å². The molecule has 0 radical (unpaired) electrons. The average Bonchev–Trinajstić information content (AvgIpc) is 3.30. The van der Waals surface area contributed by atoms with Gasteiger partial charge in [0, 0.05) is 44.1 Å². The largest absolute Gasteiger partial charge is 0.497 e. The standard InChI is InChI=1S/C23H34N4O2S/c1-4-26(5-2)22(19-8-6-9-20(16-19)29-3)17-24-23(28)27-13-11-25(12-14-27)18-21-10-7-15-30-21/h6-10,15-16,22H,4-5,11-14,17-18H2,1-3H3,(H,24,28)/t22-/m1/s1. The van der Waals surface area contributed by atoms with Crippen LogP contribution in [0.15, 0.2) is 41.8 Å². The molecule has 30 heavy (non-hydrogen) atoms. The van der Waals surface area contributed by atoms with E-state index in [1.165, 1.54) is 10.4 Å². The number of carbonyl (C=O) groups is 1. The van der Waals surface area contributed by atoms with Crippen LogP contribution in [0.5, 0.6) is 5.75 Å². The van der Waals surface area contributed by atoms with E-state index < -0.39 is 0 Å². The molecule has 6 nitrogen and oxygen atoms in total. The molecule has 0 aliphatic carbocycles. The Morgan fingerprint density at radius 2 is 1.93 bits per heavy atom. The molecule has 2 heterocycles. The van der Waals surface area contributed by atoms with Crippen molar-refractivity contribution < 1.29 is 9.53 Å². The fraction of sp³-hybridized carbons (Fsp3) is 0.522. The molecule has 1 atom stereocenters. The second kappa shape index (κ2) is 11.3. The summed E-state index contributed by atoms with van der Waals surface area (Å²) >= 11 is 1.79. The highest BCUT2D eigenvalue weighted by Crippen LogP contribution is 2.24. The Kier molecular flexibility index (Phi) is 8.54. The number of thiophene rings is 1. The Hall–Kier alpha value is -2.09. The Bertz CT molecular complexity index is 771. The van der Waals surface area contributed by atoms with Crippen LogP contribution < -0.4 is 10.1 Å². The van der Waals surface area contributed by atoms with Crippen LogP contribution in [-0.2, 0) is 6.54 Å². The van der Waals surface area contributed by atoms with Crippen LogP contribution in [0.1, 0.15) is 30.3 Å². The summed E-state index contributed by atoms with van der Waals surface area (Å²) in [5, 5.41) is 5.30. The number of piperazine rings is 1. The molecule has 1 aromatic carbocycles. The zero-order valence-corrected chi connectivity index (χ0v) is 19.2. The van der Waals surface area contributed by atoms with Crippen LogP contribution in [0, 0.1) is 0 Å². The fourth-order valence-electron chi connectivity index (χ4n) is 4.00. The summed E-state index contributed by atoms with van der Waals surface area (Å²) in [6, 6.07) is 12.6. The lowest BCUT2D eigenvalue weighted by atomic mass is 10.0. The number of hydrogen-bond donors (Lipinski definition) is 1. The Morgan fingerprint density at radius 1 is 1.17 bits per heavy atom. The quantitative estimate of drug-likeness (QED) is 0.660. The third-order valence-electron chi connectivity index (χ3n) is 5.80. The van der Waals surface area contributed by atoms with Crippen molar-refractivity contribution in [1.82, 2.24) is 20.0 Å². The van der Waals surface area contributed by atoms with Gasteiger partial charge in [-0.1, -0.05) is 32.0 Å². The monoisotopic (exact) mass is 430 g/mol. The van der Waals surface area contributed by atoms with E-state index in [9.17, 15) is 4.79 Å². The number of amides is 2. The van der Waals surface area contributed by atoms with Crippen molar-refractivity contribution in [1.29, 1.82) is 0 Å². The van der Waals surface area contributed by atoms with Gasteiger partial charge in [0.15, 0.2) is 0 Å². The number of urea groups is 1. The van der Waals surface area contributed by atoms with E-state index in [0.29, 0.717) is 6.54 Å². The number of likely N-dealkylation sites (N-methyl/N-ethyl adjacent to an activating group) is 1. The molecule has 164 valence electrons. The third kappa shape index (κ3) is 5.97. The van der Waals surface area contributed by atoms with Crippen LogP contribution in [0.25, 0.3) is 0 Å². The summed E-state index contributed by atoms with van der Waals surface area (Å²) in [6.45, 7) is 11.1. The van der Waals surface area contributed by atoms with Crippen LogP contribution in [0.2, 0.25) is 0 Å². The molecule has 7 heteroatoms. The highest BCUT2D eigenvalue weighted by Gasteiger charge is 2.24. The first-order valence-corrected chi connectivity index (χ1v) is 11.7. The summed E-state index contributed by atoms with van der Waals surface area (Å²) in [5.74, 6) is 0.845. The minimum Gasteiger partial charge on any atom is -0.497 e. The molecule has 1 N–H and O–H groups in total. The van der Waals surface area contributed by atoms with Crippen molar-refractivity contribution in [2.75, 3.05) is 52.9 Å². The Morgan fingerprint density at radius 3 is 2.57 bits per heavy atom. The maximum Gasteiger partial charge on any atom is 0.317 e. The van der Waals surface area contributed by atoms with E-state index in [1.54, 1.807) is 18.4 Å². The molecule has 0 bridgehead atoms. The van der Waals surface area contributed by atoms with Gasteiger partial charge in [-0.25, -0.2) is 4.79 Å². The Labute approximate surface area is 184 Å². The topological polar surface area (TPSA) is 48.1 Å². The van der Waals surface area contributed by atoms with Gasteiger partial charge < -0.3 is 15.0 Å². The van der Waals surface area contributed by atoms with Crippen LogP contribution in [0.4, 0.5) is 4.79 Å². The molecule has 2 amide bonds. The van der Waals surface area contributed by atoms with E-state index in [4.69, 9.17) is 4.74 Å². The molecule has 2 aromatic rings. The zero-order valence-electron chi connectivity index (χ0n) is 18.3. The normalized spacial score (nSPS) is 15.9. The van der Waals surface area contributed by atoms with Crippen molar-refractivity contribution in [3.05, 3.63) is 52.2 Å². The maximum absolute atomic E-state index is 12.8.